The van der Waals surface area contributed by atoms with Gasteiger partial charge < -0.3 is 5.11 Å². The van der Waals surface area contributed by atoms with E-state index in [1.54, 1.807) is 6.92 Å². The largest absolute Gasteiger partial charge is 0.481 e. The molecule has 0 bridgehead atoms. The van der Waals surface area contributed by atoms with E-state index in [9.17, 15) is 4.79 Å². The fourth-order valence-corrected chi connectivity index (χ4v) is 3.24. The fraction of sp³-hybridized carbons (Fsp3) is 0.562. The minimum Gasteiger partial charge on any atom is -0.481 e. The number of rotatable bonds is 4. The molecular formula is C16H21ClO2. The number of carboxylic acids is 1. The van der Waals surface area contributed by atoms with Crippen LogP contribution in [0.2, 0.25) is 5.02 Å². The van der Waals surface area contributed by atoms with Crippen LogP contribution in [0.3, 0.4) is 0 Å². The number of hydrogen-bond donors (Lipinski definition) is 1. The van der Waals surface area contributed by atoms with Gasteiger partial charge in [-0.2, -0.15) is 0 Å². The molecule has 1 aromatic rings. The number of benzene rings is 1. The third-order valence-electron chi connectivity index (χ3n) is 4.07. The van der Waals surface area contributed by atoms with Crippen molar-refractivity contribution < 1.29 is 9.90 Å². The molecule has 2 nitrogen and oxygen atoms in total. The zero-order chi connectivity index (χ0) is 13.8. The molecule has 0 aromatic heterocycles. The zero-order valence-corrected chi connectivity index (χ0v) is 12.1. The van der Waals surface area contributed by atoms with Gasteiger partial charge >= 0.3 is 5.97 Å². The molecule has 0 heterocycles. The molecule has 0 radical (unpaired) electrons. The molecule has 2 rings (SSSR count). The topological polar surface area (TPSA) is 37.3 Å². The van der Waals surface area contributed by atoms with E-state index >= 15 is 0 Å². The Labute approximate surface area is 119 Å². The highest BCUT2D eigenvalue weighted by molar-refractivity contribution is 6.31. The Kier molecular flexibility index (Phi) is 4.87. The number of carboxylic acid groups (broad SMARTS) is 1. The molecule has 1 saturated carbocycles. The highest BCUT2D eigenvalue weighted by atomic mass is 35.5. The quantitative estimate of drug-likeness (QED) is 0.871. The SMILES string of the molecule is CC(Cc1ccc(C2CCCCC2)c(Cl)c1)C(=O)O. The molecule has 0 saturated heterocycles. The van der Waals surface area contributed by atoms with Gasteiger partial charge in [0.25, 0.3) is 0 Å². The van der Waals surface area contributed by atoms with Crippen LogP contribution in [-0.2, 0) is 11.2 Å². The minimum absolute atomic E-state index is 0.364. The van der Waals surface area contributed by atoms with E-state index in [-0.39, 0.29) is 5.92 Å². The molecule has 1 fully saturated rings. The summed E-state index contributed by atoms with van der Waals surface area (Å²) in [6.07, 6.45) is 6.91. The van der Waals surface area contributed by atoms with Gasteiger partial charge in [0.2, 0.25) is 0 Å². The molecule has 1 aromatic carbocycles. The van der Waals surface area contributed by atoms with Gasteiger partial charge in [0.05, 0.1) is 5.92 Å². The first kappa shape index (κ1) is 14.4. The maximum absolute atomic E-state index is 10.9. The Hall–Kier alpha value is -1.02. The predicted molar refractivity (Wildman–Crippen MR) is 77.8 cm³/mol. The van der Waals surface area contributed by atoms with Crippen molar-refractivity contribution in [3.05, 3.63) is 34.3 Å². The van der Waals surface area contributed by atoms with Crippen LogP contribution in [0.4, 0.5) is 0 Å². The first-order chi connectivity index (χ1) is 9.08. The van der Waals surface area contributed by atoms with Crippen LogP contribution in [0, 0.1) is 5.92 Å². The molecule has 19 heavy (non-hydrogen) atoms. The summed E-state index contributed by atoms with van der Waals surface area (Å²) in [5.41, 5.74) is 2.26. The van der Waals surface area contributed by atoms with Crippen LogP contribution in [-0.4, -0.2) is 11.1 Å². The molecule has 1 N–H and O–H groups in total. The lowest BCUT2D eigenvalue weighted by atomic mass is 9.83. The van der Waals surface area contributed by atoms with Gasteiger partial charge in [0.15, 0.2) is 0 Å². The van der Waals surface area contributed by atoms with Gasteiger partial charge in [0, 0.05) is 5.02 Å². The highest BCUT2D eigenvalue weighted by Crippen LogP contribution is 2.36. The molecule has 1 unspecified atom stereocenters. The third kappa shape index (κ3) is 3.73. The van der Waals surface area contributed by atoms with Gasteiger partial charge in [-0.3, -0.25) is 4.79 Å². The smallest absolute Gasteiger partial charge is 0.306 e. The lowest BCUT2D eigenvalue weighted by Crippen LogP contribution is -2.12. The summed E-state index contributed by atoms with van der Waals surface area (Å²) < 4.78 is 0. The zero-order valence-electron chi connectivity index (χ0n) is 11.4. The number of carbonyl (C=O) groups is 1. The van der Waals surface area contributed by atoms with E-state index in [0.717, 1.165) is 10.6 Å². The molecular weight excluding hydrogens is 260 g/mol. The van der Waals surface area contributed by atoms with Gasteiger partial charge in [0.1, 0.15) is 0 Å². The van der Waals surface area contributed by atoms with E-state index in [1.807, 2.05) is 12.1 Å². The Morgan fingerprint density at radius 2 is 2.05 bits per heavy atom. The monoisotopic (exact) mass is 280 g/mol. The van der Waals surface area contributed by atoms with Crippen LogP contribution in [0.1, 0.15) is 56.1 Å². The second kappa shape index (κ2) is 6.42. The van der Waals surface area contributed by atoms with Crippen molar-refractivity contribution in [2.45, 2.75) is 51.4 Å². The summed E-state index contributed by atoms with van der Waals surface area (Å²) in [7, 11) is 0. The van der Waals surface area contributed by atoms with Crippen molar-refractivity contribution in [1.82, 2.24) is 0 Å². The molecule has 0 amide bonds. The summed E-state index contributed by atoms with van der Waals surface area (Å²) >= 11 is 6.38. The number of aliphatic carboxylic acids is 1. The van der Waals surface area contributed by atoms with Crippen molar-refractivity contribution in [2.75, 3.05) is 0 Å². The van der Waals surface area contributed by atoms with E-state index in [2.05, 4.69) is 6.07 Å². The minimum atomic E-state index is -0.757. The predicted octanol–water partition coefficient (Wildman–Crippen LogP) is 4.65. The Balaban J connectivity index is 2.10. The van der Waals surface area contributed by atoms with Crippen LogP contribution in [0.15, 0.2) is 18.2 Å². The number of hydrogen-bond acceptors (Lipinski definition) is 1. The fourth-order valence-electron chi connectivity index (χ4n) is 2.88. The van der Waals surface area contributed by atoms with Crippen molar-refractivity contribution >= 4 is 17.6 Å². The first-order valence-electron chi connectivity index (χ1n) is 7.09. The summed E-state index contributed by atoms with van der Waals surface area (Å²) in [6, 6.07) is 6.09. The second-order valence-electron chi connectivity index (χ2n) is 5.63. The lowest BCUT2D eigenvalue weighted by Gasteiger charge is -2.23. The summed E-state index contributed by atoms with van der Waals surface area (Å²) in [5.74, 6) is -0.531. The highest BCUT2D eigenvalue weighted by Gasteiger charge is 2.19. The number of halogens is 1. The van der Waals surface area contributed by atoms with Crippen molar-refractivity contribution in [1.29, 1.82) is 0 Å². The molecule has 0 aliphatic heterocycles. The lowest BCUT2D eigenvalue weighted by molar-refractivity contribution is -0.141. The standard InChI is InChI=1S/C16H21ClO2/c1-11(16(18)19)9-12-7-8-14(15(17)10-12)13-5-3-2-4-6-13/h7-8,10-11,13H,2-6,9H2,1H3,(H,18,19). The van der Waals surface area contributed by atoms with Crippen molar-refractivity contribution in [3.63, 3.8) is 0 Å². The van der Waals surface area contributed by atoms with Gasteiger partial charge in [-0.15, -0.1) is 0 Å². The molecule has 3 heteroatoms. The van der Waals surface area contributed by atoms with E-state index in [0.29, 0.717) is 12.3 Å². The molecule has 1 aliphatic carbocycles. The Morgan fingerprint density at radius 1 is 1.37 bits per heavy atom. The van der Waals surface area contributed by atoms with Crippen LogP contribution >= 0.6 is 11.6 Å². The van der Waals surface area contributed by atoms with Crippen LogP contribution in [0.5, 0.6) is 0 Å². The van der Waals surface area contributed by atoms with Gasteiger partial charge in [-0.1, -0.05) is 49.9 Å². The first-order valence-corrected chi connectivity index (χ1v) is 7.47. The Bertz CT molecular complexity index is 450. The van der Waals surface area contributed by atoms with Crippen molar-refractivity contribution in [3.8, 4) is 0 Å². The average molecular weight is 281 g/mol. The third-order valence-corrected chi connectivity index (χ3v) is 4.40. The van der Waals surface area contributed by atoms with Crippen LogP contribution < -0.4 is 0 Å². The molecule has 0 spiro atoms. The maximum atomic E-state index is 10.9. The molecule has 1 atom stereocenters. The summed E-state index contributed by atoms with van der Waals surface area (Å²) in [5, 5.41) is 9.75. The summed E-state index contributed by atoms with van der Waals surface area (Å²) in [6.45, 7) is 1.73. The normalized spacial score (nSPS) is 18.2. The Morgan fingerprint density at radius 3 is 2.63 bits per heavy atom. The second-order valence-corrected chi connectivity index (χ2v) is 6.04. The average Bonchev–Trinajstić information content (AvgIpc) is 2.39. The molecule has 104 valence electrons. The van der Waals surface area contributed by atoms with Gasteiger partial charge in [-0.25, -0.2) is 0 Å². The van der Waals surface area contributed by atoms with E-state index in [1.165, 1.54) is 37.7 Å². The van der Waals surface area contributed by atoms with E-state index < -0.39 is 5.97 Å². The maximum Gasteiger partial charge on any atom is 0.306 e. The van der Waals surface area contributed by atoms with Crippen molar-refractivity contribution in [2.24, 2.45) is 5.92 Å². The molecule has 1 aliphatic rings. The van der Waals surface area contributed by atoms with Gasteiger partial charge in [-0.05, 0) is 42.4 Å². The van der Waals surface area contributed by atoms with E-state index in [4.69, 9.17) is 16.7 Å². The summed E-state index contributed by atoms with van der Waals surface area (Å²) in [4.78, 5) is 10.9. The van der Waals surface area contributed by atoms with Crippen LogP contribution in [0.25, 0.3) is 0 Å².